The number of nitrogens with one attached hydrogen (secondary N) is 1. The molecule has 0 spiro atoms. The van der Waals surface area contributed by atoms with Crippen molar-refractivity contribution in [1.82, 2.24) is 25.1 Å². The Morgan fingerprint density at radius 1 is 0.870 bits per heavy atom. The fraction of sp³-hybridized carbons (Fsp3) is 0.297. The van der Waals surface area contributed by atoms with Gasteiger partial charge in [-0.2, -0.15) is 5.01 Å². The third kappa shape index (κ3) is 6.10. The Morgan fingerprint density at radius 3 is 2.26 bits per heavy atom. The molecule has 2 atom stereocenters. The van der Waals surface area contributed by atoms with Crippen LogP contribution in [0.25, 0.3) is 10.8 Å². The van der Waals surface area contributed by atoms with Crippen molar-refractivity contribution in [1.29, 1.82) is 0 Å². The van der Waals surface area contributed by atoms with Gasteiger partial charge in [0.2, 0.25) is 11.8 Å². The molecule has 4 aromatic carbocycles. The lowest BCUT2D eigenvalue weighted by Crippen LogP contribution is -2.66. The molecule has 6 rings (SSSR count). The number of amides is 4. The molecule has 2 aliphatic rings. The second kappa shape index (κ2) is 13.1. The van der Waals surface area contributed by atoms with Crippen molar-refractivity contribution in [3.05, 3.63) is 119 Å². The zero-order chi connectivity index (χ0) is 32.4. The van der Waals surface area contributed by atoms with Crippen LogP contribution in [-0.4, -0.2) is 81.8 Å². The lowest BCUT2D eigenvalue weighted by molar-refractivity contribution is -0.158. The fourth-order valence-electron chi connectivity index (χ4n) is 6.69. The number of Topliss-reactive ketones (excluding diaryl/α,β-unsaturated/α-hetero) is 1. The first-order valence-corrected chi connectivity index (χ1v) is 15.7. The van der Waals surface area contributed by atoms with E-state index in [-0.39, 0.29) is 49.2 Å². The van der Waals surface area contributed by atoms with E-state index in [2.05, 4.69) is 23.5 Å². The Morgan fingerprint density at radius 2 is 1.54 bits per heavy atom. The molecule has 0 saturated carbocycles. The number of nitrogens with zero attached hydrogens (tertiary/aromatic N) is 4. The summed E-state index contributed by atoms with van der Waals surface area (Å²) in [5, 5.41) is 8.27. The zero-order valence-corrected chi connectivity index (χ0v) is 26.4. The van der Waals surface area contributed by atoms with Crippen LogP contribution in [-0.2, 0) is 29.0 Å². The summed E-state index contributed by atoms with van der Waals surface area (Å²) in [5.74, 6) is -0.275. The summed E-state index contributed by atoms with van der Waals surface area (Å²) in [4.78, 5) is 57.3. The van der Waals surface area contributed by atoms with Gasteiger partial charge in [-0.3, -0.25) is 19.4 Å². The molecule has 0 aromatic heterocycles. The van der Waals surface area contributed by atoms with Crippen molar-refractivity contribution >= 4 is 34.4 Å². The van der Waals surface area contributed by atoms with E-state index in [4.69, 9.17) is 0 Å². The Balaban J connectivity index is 1.30. The van der Waals surface area contributed by atoms with Crippen molar-refractivity contribution in [2.45, 2.75) is 51.5 Å². The van der Waals surface area contributed by atoms with Gasteiger partial charge in [0.05, 0.1) is 13.1 Å². The lowest BCUT2D eigenvalue weighted by atomic mass is 9.97. The molecule has 46 heavy (non-hydrogen) atoms. The summed E-state index contributed by atoms with van der Waals surface area (Å²) in [5.41, 5.74) is 3.46. The van der Waals surface area contributed by atoms with Crippen molar-refractivity contribution < 1.29 is 19.2 Å². The number of fused-ring (bicyclic) bond motifs is 2. The van der Waals surface area contributed by atoms with E-state index in [0.717, 1.165) is 27.5 Å². The van der Waals surface area contributed by atoms with Crippen LogP contribution in [0, 0.1) is 0 Å². The molecule has 236 valence electrons. The molecule has 0 aliphatic carbocycles. The van der Waals surface area contributed by atoms with E-state index in [9.17, 15) is 19.2 Å². The molecule has 2 fully saturated rings. The number of piperazine rings is 1. The first kappa shape index (κ1) is 31.0. The molecule has 0 bridgehead atoms. The molecule has 2 aliphatic heterocycles. The minimum absolute atomic E-state index is 0.00267. The molecule has 0 unspecified atom stereocenters. The van der Waals surface area contributed by atoms with Gasteiger partial charge in [-0.1, -0.05) is 97.1 Å². The highest BCUT2D eigenvalue weighted by molar-refractivity contribution is 5.97. The van der Waals surface area contributed by atoms with Gasteiger partial charge in [-0.05, 0) is 41.3 Å². The summed E-state index contributed by atoms with van der Waals surface area (Å²) in [7, 11) is 1.57. The van der Waals surface area contributed by atoms with Crippen molar-refractivity contribution in [3.63, 3.8) is 0 Å². The topological polar surface area (TPSA) is 93.3 Å². The highest BCUT2D eigenvalue weighted by atomic mass is 16.2. The summed E-state index contributed by atoms with van der Waals surface area (Å²) in [6.07, 6.45) is 0.0836. The van der Waals surface area contributed by atoms with Crippen LogP contribution >= 0.6 is 0 Å². The second-order valence-electron chi connectivity index (χ2n) is 12.2. The van der Waals surface area contributed by atoms with Gasteiger partial charge in [0, 0.05) is 38.0 Å². The number of rotatable bonds is 9. The Bertz CT molecular complexity index is 1750. The van der Waals surface area contributed by atoms with Gasteiger partial charge in [-0.15, -0.1) is 0 Å². The largest absolute Gasteiger partial charge is 0.340 e. The second-order valence-corrected chi connectivity index (χ2v) is 12.2. The Kier molecular flexibility index (Phi) is 8.85. The molecule has 2 heterocycles. The van der Waals surface area contributed by atoms with Gasteiger partial charge in [0.1, 0.15) is 12.2 Å². The van der Waals surface area contributed by atoms with Crippen LogP contribution < -0.4 is 5.32 Å². The number of benzene rings is 4. The molecule has 4 aromatic rings. The SMILES string of the molecule is CNC(=O)N(C(C)C)N1CC(=O)N2[C@@H](Cc3ccc(CC(=O)c4ccccc4)cc3)C(=O)N(Cc3cccc4ccccc34)C[C@@H]21. The molecule has 9 nitrogen and oxygen atoms in total. The highest BCUT2D eigenvalue weighted by Crippen LogP contribution is 2.32. The van der Waals surface area contributed by atoms with Crippen molar-refractivity contribution in [2.24, 2.45) is 0 Å². The summed E-state index contributed by atoms with van der Waals surface area (Å²) in [6, 6.07) is 29.8. The maximum absolute atomic E-state index is 14.3. The number of hydrogen-bond acceptors (Lipinski definition) is 5. The first-order chi connectivity index (χ1) is 22.2. The normalized spacial score (nSPS) is 18.3. The number of carbonyl (C=O) groups is 4. The quantitative estimate of drug-likeness (QED) is 0.276. The van der Waals surface area contributed by atoms with E-state index in [1.165, 1.54) is 0 Å². The van der Waals surface area contributed by atoms with Crippen LogP contribution in [0.15, 0.2) is 97.1 Å². The average Bonchev–Trinajstić information content (AvgIpc) is 3.38. The lowest BCUT2D eigenvalue weighted by Gasteiger charge is -2.47. The van der Waals surface area contributed by atoms with E-state index >= 15 is 0 Å². The van der Waals surface area contributed by atoms with Gasteiger partial charge in [0.25, 0.3) is 0 Å². The molecule has 1 N–H and O–H groups in total. The van der Waals surface area contributed by atoms with Gasteiger partial charge in [-0.25, -0.2) is 4.79 Å². The monoisotopic (exact) mass is 617 g/mol. The van der Waals surface area contributed by atoms with Crippen molar-refractivity contribution in [3.8, 4) is 0 Å². The average molecular weight is 618 g/mol. The zero-order valence-electron chi connectivity index (χ0n) is 26.4. The third-order valence-electron chi connectivity index (χ3n) is 8.91. The molecule has 4 amide bonds. The summed E-state index contributed by atoms with van der Waals surface area (Å²) in [6.45, 7) is 4.47. The molecule has 2 saturated heterocycles. The molecule has 0 radical (unpaired) electrons. The number of carbonyl (C=O) groups excluding carboxylic acids is 4. The molecular weight excluding hydrogens is 578 g/mol. The number of ketones is 1. The van der Waals surface area contributed by atoms with Gasteiger partial charge in [0.15, 0.2) is 5.78 Å². The molecular formula is C37H39N5O4. The maximum Gasteiger partial charge on any atom is 0.331 e. The van der Waals surface area contributed by atoms with Crippen LogP contribution in [0.2, 0.25) is 0 Å². The first-order valence-electron chi connectivity index (χ1n) is 15.7. The standard InChI is InChI=1S/C37H39N5O4/c1-25(2)42(37(46)38-3)40-24-35(44)41-32(20-26-16-18-27(19-17-26)21-33(43)29-11-5-4-6-12-29)36(45)39(23-34(40)41)22-30-14-9-13-28-10-7-8-15-31(28)30/h4-19,25,32,34H,20-24H2,1-3H3,(H,38,46)/t32-,34+/m0/s1. The van der Waals surface area contributed by atoms with E-state index in [1.807, 2.05) is 97.6 Å². The van der Waals surface area contributed by atoms with Gasteiger partial charge >= 0.3 is 6.03 Å². The minimum Gasteiger partial charge on any atom is -0.340 e. The maximum atomic E-state index is 14.3. The van der Waals surface area contributed by atoms with Crippen LogP contribution in [0.1, 0.15) is 40.9 Å². The fourth-order valence-corrected chi connectivity index (χ4v) is 6.69. The number of hydrogen-bond donors (Lipinski definition) is 1. The Hall–Kier alpha value is -5.02. The number of hydrazine groups is 1. The van der Waals surface area contributed by atoms with Crippen LogP contribution in [0.4, 0.5) is 4.79 Å². The summed E-state index contributed by atoms with van der Waals surface area (Å²) < 4.78 is 0. The number of urea groups is 1. The molecule has 9 heteroatoms. The minimum atomic E-state index is -0.748. The van der Waals surface area contributed by atoms with Crippen LogP contribution in [0.3, 0.4) is 0 Å². The van der Waals surface area contributed by atoms with E-state index < -0.39 is 12.2 Å². The van der Waals surface area contributed by atoms with Gasteiger partial charge < -0.3 is 15.1 Å². The van der Waals surface area contributed by atoms with E-state index in [0.29, 0.717) is 18.5 Å². The van der Waals surface area contributed by atoms with Crippen molar-refractivity contribution in [2.75, 3.05) is 20.1 Å². The summed E-state index contributed by atoms with van der Waals surface area (Å²) >= 11 is 0. The smallest absolute Gasteiger partial charge is 0.331 e. The third-order valence-corrected chi connectivity index (χ3v) is 8.91. The highest BCUT2D eigenvalue weighted by Gasteiger charge is 2.52. The van der Waals surface area contributed by atoms with E-state index in [1.54, 1.807) is 22.0 Å². The Labute approximate surface area is 269 Å². The predicted octanol–water partition coefficient (Wildman–Crippen LogP) is 4.65. The van der Waals surface area contributed by atoms with Crippen LogP contribution in [0.5, 0.6) is 0 Å². The predicted molar refractivity (Wildman–Crippen MR) is 177 cm³/mol.